The summed E-state index contributed by atoms with van der Waals surface area (Å²) in [5.41, 5.74) is 9.26. The Labute approximate surface area is 98.3 Å². The molecule has 1 rings (SSSR count). The van der Waals surface area contributed by atoms with Gasteiger partial charge in [0.25, 0.3) is 0 Å². The molecule has 17 heavy (non-hydrogen) atoms. The second kappa shape index (κ2) is 6.90. The van der Waals surface area contributed by atoms with Crippen LogP contribution in [0.5, 0.6) is 0 Å². The van der Waals surface area contributed by atoms with Crippen LogP contribution in [-0.4, -0.2) is 6.54 Å². The minimum atomic E-state index is -0.383. The predicted octanol–water partition coefficient (Wildman–Crippen LogP) is 2.94. The highest BCUT2D eigenvalue weighted by Gasteiger charge is 2.00. The normalized spacial score (nSPS) is 8.47. The van der Waals surface area contributed by atoms with Crippen molar-refractivity contribution in [3.05, 3.63) is 45.6 Å². The molecule has 0 saturated carbocycles. The zero-order valence-corrected chi connectivity index (χ0v) is 9.02. The average molecular weight is 228 g/mol. The molecule has 0 N–H and O–H groups in total. The molecule has 1 aromatic carbocycles. The first kappa shape index (κ1) is 12.6. The summed E-state index contributed by atoms with van der Waals surface area (Å²) < 4.78 is 13.0. The van der Waals surface area contributed by atoms with Crippen LogP contribution in [0.4, 0.5) is 4.39 Å². The summed E-state index contributed by atoms with van der Waals surface area (Å²) in [7, 11) is 0. The third-order valence-corrected chi connectivity index (χ3v) is 1.96. The Hall–Kier alpha value is -2.49. The highest BCUT2D eigenvalue weighted by Crippen LogP contribution is 2.10. The van der Waals surface area contributed by atoms with E-state index in [-0.39, 0.29) is 18.8 Å². The molecule has 0 fully saturated rings. The Kier molecular flexibility index (Phi) is 5.10. The van der Waals surface area contributed by atoms with E-state index in [0.29, 0.717) is 17.5 Å². The number of nitrogens with zero attached hydrogens (tertiary/aromatic N) is 4. The van der Waals surface area contributed by atoms with Crippen molar-refractivity contribution >= 4 is 0 Å². The van der Waals surface area contributed by atoms with E-state index in [1.165, 1.54) is 12.1 Å². The molecular formula is C12H9FN4. The molecule has 0 aliphatic heterocycles. The van der Waals surface area contributed by atoms with Gasteiger partial charge in [-0.3, -0.25) is 0 Å². The second-order valence-corrected chi connectivity index (χ2v) is 3.14. The number of rotatable bonds is 3. The van der Waals surface area contributed by atoms with Gasteiger partial charge in [0.2, 0.25) is 0 Å². The van der Waals surface area contributed by atoms with Crippen LogP contribution in [0.2, 0.25) is 0 Å². The van der Waals surface area contributed by atoms with Crippen LogP contribution < -0.4 is 0 Å². The Morgan fingerprint density at radius 1 is 1.47 bits per heavy atom. The fourth-order valence-electron chi connectivity index (χ4n) is 1.21. The van der Waals surface area contributed by atoms with Crippen molar-refractivity contribution in [1.82, 2.24) is 0 Å². The first-order chi connectivity index (χ1) is 8.27. The lowest BCUT2D eigenvalue weighted by molar-refractivity contribution is 0.627. The smallest absolute Gasteiger partial charge is 0.124 e. The van der Waals surface area contributed by atoms with Gasteiger partial charge in [0.05, 0.1) is 12.5 Å². The first-order valence-electron chi connectivity index (χ1n) is 4.93. The summed E-state index contributed by atoms with van der Waals surface area (Å²) in [4.78, 5) is 2.60. The summed E-state index contributed by atoms with van der Waals surface area (Å²) in [6.45, 7) is 0.284. The van der Waals surface area contributed by atoms with Crippen LogP contribution in [0.1, 0.15) is 17.5 Å². The number of hydrogen-bond donors (Lipinski definition) is 0. The zero-order chi connectivity index (χ0) is 12.5. The van der Waals surface area contributed by atoms with Crippen LogP contribution in [0.25, 0.3) is 10.4 Å². The molecule has 0 aromatic heterocycles. The second-order valence-electron chi connectivity index (χ2n) is 3.14. The molecule has 0 amide bonds. The molecule has 84 valence electrons. The molecule has 0 radical (unpaired) electrons. The quantitative estimate of drug-likeness (QED) is 0.258. The number of halogens is 1. The maximum Gasteiger partial charge on any atom is 0.124 e. The topological polar surface area (TPSA) is 72.5 Å². The highest BCUT2D eigenvalue weighted by molar-refractivity contribution is 5.42. The number of benzene rings is 1. The van der Waals surface area contributed by atoms with Crippen molar-refractivity contribution in [3.63, 3.8) is 0 Å². The van der Waals surface area contributed by atoms with E-state index in [2.05, 4.69) is 21.9 Å². The third-order valence-electron chi connectivity index (χ3n) is 1.96. The van der Waals surface area contributed by atoms with Gasteiger partial charge in [0, 0.05) is 23.4 Å². The summed E-state index contributed by atoms with van der Waals surface area (Å²) in [5.74, 6) is 5.16. The molecule has 0 unspecified atom stereocenters. The summed E-state index contributed by atoms with van der Waals surface area (Å²) >= 11 is 0. The van der Waals surface area contributed by atoms with Gasteiger partial charge in [-0.2, -0.15) is 5.26 Å². The molecule has 0 saturated heterocycles. The third kappa shape index (κ3) is 4.25. The molecule has 0 bridgehead atoms. The average Bonchev–Trinajstić information content (AvgIpc) is 2.32. The van der Waals surface area contributed by atoms with Gasteiger partial charge in [0.1, 0.15) is 5.82 Å². The van der Waals surface area contributed by atoms with Gasteiger partial charge in [0.15, 0.2) is 0 Å². The van der Waals surface area contributed by atoms with Gasteiger partial charge in [-0.25, -0.2) is 4.39 Å². The van der Waals surface area contributed by atoms with E-state index >= 15 is 0 Å². The Balaban J connectivity index is 2.84. The van der Waals surface area contributed by atoms with Crippen LogP contribution in [0, 0.1) is 29.0 Å². The highest BCUT2D eigenvalue weighted by atomic mass is 19.1. The van der Waals surface area contributed by atoms with Crippen molar-refractivity contribution < 1.29 is 4.39 Å². The minimum absolute atomic E-state index is 0.195. The molecule has 0 aliphatic rings. The first-order valence-corrected chi connectivity index (χ1v) is 4.93. The van der Waals surface area contributed by atoms with E-state index in [1.54, 1.807) is 6.07 Å². The summed E-state index contributed by atoms with van der Waals surface area (Å²) in [6.07, 6.45) is 0.604. The van der Waals surface area contributed by atoms with Crippen molar-refractivity contribution in [2.75, 3.05) is 6.54 Å². The molecule has 0 spiro atoms. The van der Waals surface area contributed by atoms with Crippen LogP contribution in [-0.2, 0) is 6.42 Å². The molecule has 5 heteroatoms. The maximum atomic E-state index is 13.0. The number of nitriles is 1. The molecular weight excluding hydrogens is 219 g/mol. The van der Waals surface area contributed by atoms with Crippen molar-refractivity contribution in [3.8, 4) is 17.9 Å². The molecule has 0 aliphatic carbocycles. The lowest BCUT2D eigenvalue weighted by Gasteiger charge is -1.99. The van der Waals surface area contributed by atoms with Gasteiger partial charge in [-0.1, -0.05) is 23.0 Å². The zero-order valence-electron chi connectivity index (χ0n) is 9.02. The lowest BCUT2D eigenvalue weighted by atomic mass is 10.1. The van der Waals surface area contributed by atoms with Gasteiger partial charge < -0.3 is 0 Å². The standard InChI is InChI=1S/C12H9FN4/c13-12-5-4-10(6-7-14)11(9-12)3-1-2-8-16-17-15/h4-5,9H,2,6,8H2. The van der Waals surface area contributed by atoms with Crippen LogP contribution in [0.15, 0.2) is 23.3 Å². The summed E-state index contributed by atoms with van der Waals surface area (Å²) in [6, 6.07) is 6.15. The van der Waals surface area contributed by atoms with E-state index < -0.39 is 0 Å². The molecule has 0 atom stereocenters. The monoisotopic (exact) mass is 228 g/mol. The minimum Gasteiger partial charge on any atom is -0.207 e. The molecule has 0 heterocycles. The van der Waals surface area contributed by atoms with E-state index in [9.17, 15) is 4.39 Å². The van der Waals surface area contributed by atoms with Crippen molar-refractivity contribution in [2.24, 2.45) is 5.11 Å². The summed E-state index contributed by atoms with van der Waals surface area (Å²) in [5, 5.41) is 11.9. The molecule has 4 nitrogen and oxygen atoms in total. The fraction of sp³-hybridized carbons (Fsp3) is 0.250. The van der Waals surface area contributed by atoms with E-state index in [0.717, 1.165) is 0 Å². The SMILES string of the molecule is N#CCc1ccc(F)cc1C#CCCN=[N+]=[N-]. The van der Waals surface area contributed by atoms with Gasteiger partial charge in [-0.15, -0.1) is 0 Å². The fourth-order valence-corrected chi connectivity index (χ4v) is 1.21. The van der Waals surface area contributed by atoms with E-state index in [1.807, 2.05) is 6.07 Å². The van der Waals surface area contributed by atoms with Crippen molar-refractivity contribution in [2.45, 2.75) is 12.8 Å². The maximum absolute atomic E-state index is 13.0. The van der Waals surface area contributed by atoms with Gasteiger partial charge in [-0.05, 0) is 23.2 Å². The lowest BCUT2D eigenvalue weighted by Crippen LogP contribution is -1.90. The van der Waals surface area contributed by atoms with Crippen molar-refractivity contribution in [1.29, 1.82) is 5.26 Å². The van der Waals surface area contributed by atoms with Crippen LogP contribution in [0.3, 0.4) is 0 Å². The van der Waals surface area contributed by atoms with E-state index in [4.69, 9.17) is 10.8 Å². The Morgan fingerprint density at radius 3 is 3.00 bits per heavy atom. The molecule has 1 aromatic rings. The Bertz CT molecular complexity index is 542. The number of azide groups is 1. The predicted molar refractivity (Wildman–Crippen MR) is 61.2 cm³/mol. The van der Waals surface area contributed by atoms with Crippen LogP contribution >= 0.6 is 0 Å². The largest absolute Gasteiger partial charge is 0.207 e. The Morgan fingerprint density at radius 2 is 2.29 bits per heavy atom. The van der Waals surface area contributed by atoms with Gasteiger partial charge >= 0.3 is 0 Å². The number of hydrogen-bond acceptors (Lipinski definition) is 2.